The first-order chi connectivity index (χ1) is 14.8. The average molecular weight is 441 g/mol. The smallest absolute Gasteiger partial charge is 0.338 e. The molecule has 1 unspecified atom stereocenters. The number of hydrogen-bond donors (Lipinski definition) is 2. The molecule has 0 fully saturated rings. The highest BCUT2D eigenvalue weighted by Gasteiger charge is 2.32. The van der Waals surface area contributed by atoms with Crippen LogP contribution in [0.25, 0.3) is 11.3 Å². The molecule has 0 saturated carbocycles. The molecule has 3 aromatic rings. The third-order valence-electron chi connectivity index (χ3n) is 5.34. The molecule has 0 spiro atoms. The van der Waals surface area contributed by atoms with Gasteiger partial charge in [-0.3, -0.25) is 4.90 Å². The van der Waals surface area contributed by atoms with Crippen molar-refractivity contribution in [2.75, 3.05) is 11.4 Å². The molecule has 0 saturated heterocycles. The second-order valence-electron chi connectivity index (χ2n) is 7.59. The molecule has 0 bridgehead atoms. The summed E-state index contributed by atoms with van der Waals surface area (Å²) in [5.41, 5.74) is 1.85. The summed E-state index contributed by atoms with van der Waals surface area (Å²) < 4.78 is 27.1. The van der Waals surface area contributed by atoms with E-state index >= 15 is 0 Å². The van der Waals surface area contributed by atoms with E-state index in [1.165, 1.54) is 12.3 Å². The fraction of sp³-hybridized carbons (Fsp3) is 0.273. The number of nitrogens with one attached hydrogen (secondary N) is 2. The lowest BCUT2D eigenvalue weighted by Crippen LogP contribution is -2.43. The third kappa shape index (κ3) is 3.76. The maximum Gasteiger partial charge on any atom is 0.340 e. The van der Waals surface area contributed by atoms with Crippen molar-refractivity contribution in [2.24, 2.45) is 0 Å². The Hall–Kier alpha value is -3.33. The number of rotatable bonds is 5. The van der Waals surface area contributed by atoms with Gasteiger partial charge in [0.15, 0.2) is 0 Å². The molecule has 8 nitrogen and oxygen atoms in total. The predicted molar refractivity (Wildman–Crippen MR) is 119 cm³/mol. The Balaban J connectivity index is 1.69. The van der Waals surface area contributed by atoms with E-state index < -0.39 is 15.7 Å². The molecule has 1 aliphatic heterocycles. The number of nitrogens with zero attached hydrogens (tertiary/aromatic N) is 2. The highest BCUT2D eigenvalue weighted by Crippen LogP contribution is 2.34. The number of carbonyl (C=O) groups excluding carboxylic acids is 1. The van der Waals surface area contributed by atoms with Gasteiger partial charge < -0.3 is 10.3 Å². The largest absolute Gasteiger partial charge is 0.340 e. The van der Waals surface area contributed by atoms with Gasteiger partial charge in [0.05, 0.1) is 16.8 Å². The summed E-state index contributed by atoms with van der Waals surface area (Å²) in [7, 11) is -4.09. The van der Waals surface area contributed by atoms with Gasteiger partial charge in [0.25, 0.3) is 10.0 Å². The van der Waals surface area contributed by atoms with Crippen molar-refractivity contribution in [3.8, 4) is 11.3 Å². The van der Waals surface area contributed by atoms with Crippen LogP contribution in [0.1, 0.15) is 25.8 Å². The van der Waals surface area contributed by atoms with Crippen LogP contribution in [-0.4, -0.2) is 36.0 Å². The van der Waals surface area contributed by atoms with Gasteiger partial charge in [-0.1, -0.05) is 37.3 Å². The van der Waals surface area contributed by atoms with Crippen LogP contribution in [-0.2, 0) is 16.4 Å². The lowest BCUT2D eigenvalue weighted by molar-refractivity contribution is 0.245. The van der Waals surface area contributed by atoms with Gasteiger partial charge >= 0.3 is 11.7 Å². The zero-order valence-corrected chi connectivity index (χ0v) is 18.1. The van der Waals surface area contributed by atoms with Gasteiger partial charge in [-0.25, -0.2) is 18.0 Å². The number of urea groups is 1. The second kappa shape index (κ2) is 8.07. The van der Waals surface area contributed by atoms with Crippen LogP contribution in [0.2, 0.25) is 0 Å². The molecule has 0 aliphatic carbocycles. The molecule has 2 aromatic carbocycles. The number of H-pyrrole nitrogens is 1. The van der Waals surface area contributed by atoms with Crippen LogP contribution < -0.4 is 15.9 Å². The number of anilines is 1. The average Bonchev–Trinajstić information content (AvgIpc) is 3.31. The van der Waals surface area contributed by atoms with Gasteiger partial charge in [-0.2, -0.15) is 3.97 Å². The first kappa shape index (κ1) is 20.9. The van der Waals surface area contributed by atoms with E-state index in [0.29, 0.717) is 29.9 Å². The Kier molecular flexibility index (Phi) is 5.45. The normalized spacial score (nSPS) is 15.7. The van der Waals surface area contributed by atoms with Crippen molar-refractivity contribution in [1.29, 1.82) is 0 Å². The Morgan fingerprint density at radius 1 is 1.19 bits per heavy atom. The number of amides is 2. The number of hydrogen-bond acceptors (Lipinski definition) is 4. The Morgan fingerprint density at radius 2 is 1.94 bits per heavy atom. The van der Waals surface area contributed by atoms with Crippen LogP contribution in [0, 0.1) is 0 Å². The number of carbonyl (C=O) groups is 1. The molecular formula is C22H24N4O4S. The Labute approximate surface area is 180 Å². The van der Waals surface area contributed by atoms with E-state index in [1.807, 2.05) is 32.0 Å². The van der Waals surface area contributed by atoms with E-state index in [4.69, 9.17) is 0 Å². The molecule has 4 rings (SSSR count). The molecular weight excluding hydrogens is 416 g/mol. The molecule has 31 heavy (non-hydrogen) atoms. The van der Waals surface area contributed by atoms with Gasteiger partial charge in [0, 0.05) is 18.3 Å². The summed E-state index contributed by atoms with van der Waals surface area (Å²) >= 11 is 0. The zero-order valence-electron chi connectivity index (χ0n) is 17.3. The zero-order chi connectivity index (χ0) is 22.2. The number of fused-ring (bicyclic) bond motifs is 1. The second-order valence-corrected chi connectivity index (χ2v) is 9.40. The molecule has 162 valence electrons. The Bertz CT molecular complexity index is 1280. The fourth-order valence-corrected chi connectivity index (χ4v) is 5.10. The molecule has 1 aliphatic rings. The van der Waals surface area contributed by atoms with Crippen LogP contribution in [0.4, 0.5) is 10.5 Å². The van der Waals surface area contributed by atoms with Gasteiger partial charge in [-0.15, -0.1) is 0 Å². The molecule has 2 heterocycles. The lowest BCUT2D eigenvalue weighted by Gasteiger charge is -2.23. The molecule has 2 amide bonds. The van der Waals surface area contributed by atoms with Crippen LogP contribution >= 0.6 is 0 Å². The molecule has 9 heteroatoms. The summed E-state index contributed by atoms with van der Waals surface area (Å²) in [6, 6.07) is 13.4. The monoisotopic (exact) mass is 440 g/mol. The first-order valence-electron chi connectivity index (χ1n) is 10.2. The van der Waals surface area contributed by atoms with E-state index in [2.05, 4.69) is 10.3 Å². The third-order valence-corrected chi connectivity index (χ3v) is 6.98. The molecule has 2 N–H and O–H groups in total. The van der Waals surface area contributed by atoms with E-state index in [0.717, 1.165) is 16.0 Å². The topological polar surface area (TPSA) is 104 Å². The van der Waals surface area contributed by atoms with Crippen LogP contribution in [0.5, 0.6) is 0 Å². The molecule has 1 aromatic heterocycles. The Morgan fingerprint density at radius 3 is 2.65 bits per heavy atom. The van der Waals surface area contributed by atoms with E-state index in [-0.39, 0.29) is 17.0 Å². The highest BCUT2D eigenvalue weighted by molar-refractivity contribution is 7.90. The number of aromatic amines is 1. The SMILES string of the molecule is CCCNC(=O)N1c2ccc(S(=O)(=O)n3cc(-c4ccccc4)[nH]c3=O)cc2CC1C. The number of aromatic nitrogens is 2. The van der Waals surface area contributed by atoms with E-state index in [1.54, 1.807) is 29.2 Å². The maximum absolute atomic E-state index is 13.2. The quantitative estimate of drug-likeness (QED) is 0.636. The summed E-state index contributed by atoms with van der Waals surface area (Å²) in [6.07, 6.45) is 2.66. The minimum atomic E-state index is -4.09. The predicted octanol–water partition coefficient (Wildman–Crippen LogP) is 2.95. The van der Waals surface area contributed by atoms with Gasteiger partial charge in [-0.05, 0) is 49.1 Å². The van der Waals surface area contributed by atoms with Crippen molar-refractivity contribution < 1.29 is 13.2 Å². The highest BCUT2D eigenvalue weighted by atomic mass is 32.2. The van der Waals surface area contributed by atoms with Crippen LogP contribution in [0.15, 0.2) is 64.4 Å². The molecule has 0 radical (unpaired) electrons. The summed E-state index contributed by atoms with van der Waals surface area (Å²) in [4.78, 5) is 29.2. The summed E-state index contributed by atoms with van der Waals surface area (Å²) in [5.74, 6) is 0. The van der Waals surface area contributed by atoms with Gasteiger partial charge in [0.1, 0.15) is 0 Å². The van der Waals surface area contributed by atoms with Crippen LogP contribution in [0.3, 0.4) is 0 Å². The van der Waals surface area contributed by atoms with E-state index in [9.17, 15) is 18.0 Å². The minimum Gasteiger partial charge on any atom is -0.338 e. The fourth-order valence-electron chi connectivity index (χ4n) is 3.83. The minimum absolute atomic E-state index is 0.00924. The maximum atomic E-state index is 13.2. The summed E-state index contributed by atoms with van der Waals surface area (Å²) in [5, 5.41) is 2.86. The number of imidazole rings is 1. The molecule has 1 atom stereocenters. The standard InChI is InChI=1S/C22H24N4O4S/c1-3-11-23-21(27)26-15(2)12-17-13-18(9-10-20(17)26)31(29,30)25-14-19(24-22(25)28)16-7-5-4-6-8-16/h4-10,13-15H,3,11-12H2,1-2H3,(H,23,27)(H,24,28). The van der Waals surface area contributed by atoms with Crippen molar-refractivity contribution in [2.45, 2.75) is 37.6 Å². The first-order valence-corrected chi connectivity index (χ1v) is 11.6. The van der Waals surface area contributed by atoms with Crippen molar-refractivity contribution in [3.63, 3.8) is 0 Å². The van der Waals surface area contributed by atoms with Crippen molar-refractivity contribution in [3.05, 3.63) is 70.8 Å². The van der Waals surface area contributed by atoms with Crippen molar-refractivity contribution in [1.82, 2.24) is 14.3 Å². The lowest BCUT2D eigenvalue weighted by atomic mass is 10.1. The van der Waals surface area contributed by atoms with Gasteiger partial charge in [0.2, 0.25) is 0 Å². The van der Waals surface area contributed by atoms with Crippen molar-refractivity contribution >= 4 is 21.7 Å². The number of benzene rings is 2. The summed E-state index contributed by atoms with van der Waals surface area (Å²) in [6.45, 7) is 4.47.